The third kappa shape index (κ3) is 7.91. The molecular formula is C13H22N2O6. The maximum Gasteiger partial charge on any atom is 0.303 e. The van der Waals surface area contributed by atoms with E-state index in [0.717, 1.165) is 0 Å². The molecule has 0 fully saturated rings. The Balaban J connectivity index is 4.82. The molecule has 0 heterocycles. The Morgan fingerprint density at radius 2 is 1.71 bits per heavy atom. The summed E-state index contributed by atoms with van der Waals surface area (Å²) in [6.45, 7) is 5.60. The van der Waals surface area contributed by atoms with E-state index < -0.39 is 35.3 Å². The van der Waals surface area contributed by atoms with Gasteiger partial charge in [0.05, 0.1) is 0 Å². The van der Waals surface area contributed by atoms with E-state index >= 15 is 0 Å². The molecule has 0 rings (SSSR count). The van der Waals surface area contributed by atoms with E-state index in [1.807, 2.05) is 0 Å². The van der Waals surface area contributed by atoms with Crippen molar-refractivity contribution in [2.75, 3.05) is 13.2 Å². The van der Waals surface area contributed by atoms with Crippen molar-refractivity contribution in [3.63, 3.8) is 0 Å². The van der Waals surface area contributed by atoms with Gasteiger partial charge in [-0.2, -0.15) is 0 Å². The number of amides is 2. The topological polar surface area (TPSA) is 125 Å². The molecule has 2 amide bonds. The summed E-state index contributed by atoms with van der Waals surface area (Å²) in [5.41, 5.74) is 4.05. The first-order valence-electron chi connectivity index (χ1n) is 6.43. The molecule has 0 aromatic rings. The zero-order chi connectivity index (χ0) is 16.6. The van der Waals surface area contributed by atoms with Gasteiger partial charge in [0.15, 0.2) is 6.10 Å². The quantitative estimate of drug-likeness (QED) is 0.582. The van der Waals surface area contributed by atoms with Gasteiger partial charge in [-0.25, -0.2) is 0 Å². The Morgan fingerprint density at radius 3 is 2.14 bits per heavy atom. The van der Waals surface area contributed by atoms with Gasteiger partial charge < -0.3 is 20.5 Å². The fourth-order valence-corrected chi connectivity index (χ4v) is 1.50. The molecule has 0 saturated heterocycles. The maximum atomic E-state index is 12.1. The van der Waals surface area contributed by atoms with Crippen LogP contribution in [0.5, 0.6) is 0 Å². The van der Waals surface area contributed by atoms with Gasteiger partial charge in [0.2, 0.25) is 5.91 Å². The Labute approximate surface area is 123 Å². The third-order valence-corrected chi connectivity index (χ3v) is 2.55. The zero-order valence-electron chi connectivity index (χ0n) is 12.7. The van der Waals surface area contributed by atoms with Crippen molar-refractivity contribution in [3.05, 3.63) is 0 Å². The average Bonchev–Trinajstić information content (AvgIpc) is 2.32. The molecule has 0 saturated carbocycles. The Kier molecular flexibility index (Phi) is 7.40. The van der Waals surface area contributed by atoms with Crippen molar-refractivity contribution >= 4 is 23.8 Å². The smallest absolute Gasteiger partial charge is 0.303 e. The van der Waals surface area contributed by atoms with Crippen LogP contribution < -0.4 is 11.1 Å². The van der Waals surface area contributed by atoms with E-state index in [9.17, 15) is 19.2 Å². The normalized spacial score (nSPS) is 12.2. The van der Waals surface area contributed by atoms with Crippen LogP contribution >= 0.6 is 0 Å². The lowest BCUT2D eigenvalue weighted by Gasteiger charge is -2.31. The number of carbonyl (C=O) groups excluding carboxylic acids is 4. The van der Waals surface area contributed by atoms with E-state index in [4.69, 9.17) is 15.2 Å². The maximum absolute atomic E-state index is 12.1. The summed E-state index contributed by atoms with van der Waals surface area (Å²) < 4.78 is 9.89. The highest BCUT2D eigenvalue weighted by Crippen LogP contribution is 2.24. The van der Waals surface area contributed by atoms with Gasteiger partial charge in [0.1, 0.15) is 6.61 Å². The number of primary amides is 1. The van der Waals surface area contributed by atoms with Gasteiger partial charge in [-0.05, 0) is 0 Å². The number of hydrogen-bond donors (Lipinski definition) is 2. The zero-order valence-corrected chi connectivity index (χ0v) is 12.7. The Morgan fingerprint density at radius 1 is 1.14 bits per heavy atom. The lowest BCUT2D eigenvalue weighted by Crippen LogP contribution is -2.49. The second-order valence-electron chi connectivity index (χ2n) is 5.27. The Bertz CT molecular complexity index is 419. The lowest BCUT2D eigenvalue weighted by atomic mass is 9.86. The summed E-state index contributed by atoms with van der Waals surface area (Å²) in [6, 6.07) is 0. The Hall–Kier alpha value is -2.12. The molecule has 0 aliphatic heterocycles. The first kappa shape index (κ1) is 18.9. The van der Waals surface area contributed by atoms with Crippen LogP contribution in [0.15, 0.2) is 0 Å². The minimum atomic E-state index is -1.15. The monoisotopic (exact) mass is 302 g/mol. The molecule has 0 spiro atoms. The van der Waals surface area contributed by atoms with Crippen LogP contribution in [0.3, 0.4) is 0 Å². The number of rotatable bonds is 8. The summed E-state index contributed by atoms with van der Waals surface area (Å²) in [4.78, 5) is 44.7. The fraction of sp³-hybridized carbons (Fsp3) is 0.692. The molecule has 120 valence electrons. The number of esters is 2. The molecule has 3 N–H and O–H groups in total. The number of nitrogens with one attached hydrogen (secondary N) is 1. The number of hydrogen-bond acceptors (Lipinski definition) is 6. The second-order valence-corrected chi connectivity index (χ2v) is 5.27. The van der Waals surface area contributed by atoms with Crippen LogP contribution in [0.4, 0.5) is 0 Å². The van der Waals surface area contributed by atoms with E-state index in [1.54, 1.807) is 13.8 Å². The van der Waals surface area contributed by atoms with Crippen LogP contribution in [0.2, 0.25) is 0 Å². The van der Waals surface area contributed by atoms with Crippen molar-refractivity contribution in [1.29, 1.82) is 0 Å². The van der Waals surface area contributed by atoms with Crippen LogP contribution in [-0.2, 0) is 28.7 Å². The molecule has 8 heteroatoms. The van der Waals surface area contributed by atoms with E-state index in [0.29, 0.717) is 0 Å². The van der Waals surface area contributed by atoms with Crippen molar-refractivity contribution in [2.45, 2.75) is 40.2 Å². The summed E-state index contributed by atoms with van der Waals surface area (Å²) >= 11 is 0. The highest BCUT2D eigenvalue weighted by molar-refractivity contribution is 5.84. The molecule has 0 aliphatic rings. The molecule has 21 heavy (non-hydrogen) atoms. The number of carbonyl (C=O) groups is 4. The van der Waals surface area contributed by atoms with Gasteiger partial charge in [0, 0.05) is 32.2 Å². The summed E-state index contributed by atoms with van der Waals surface area (Å²) in [6.07, 6.45) is -1.18. The second kappa shape index (κ2) is 8.23. The van der Waals surface area contributed by atoms with E-state index in [-0.39, 0.29) is 19.6 Å². The first-order chi connectivity index (χ1) is 9.56. The van der Waals surface area contributed by atoms with Crippen molar-refractivity contribution < 1.29 is 28.7 Å². The highest BCUT2D eigenvalue weighted by atomic mass is 16.6. The minimum Gasteiger partial charge on any atom is -0.465 e. The van der Waals surface area contributed by atoms with Gasteiger partial charge >= 0.3 is 11.9 Å². The van der Waals surface area contributed by atoms with Crippen LogP contribution in [0, 0.1) is 5.41 Å². The molecule has 0 bridgehead atoms. The van der Waals surface area contributed by atoms with Crippen LogP contribution in [-0.4, -0.2) is 43.0 Å². The fourth-order valence-electron chi connectivity index (χ4n) is 1.50. The van der Waals surface area contributed by atoms with Crippen molar-refractivity contribution in [1.82, 2.24) is 5.32 Å². The van der Waals surface area contributed by atoms with Crippen LogP contribution in [0.1, 0.15) is 34.1 Å². The van der Waals surface area contributed by atoms with Gasteiger partial charge in [-0.15, -0.1) is 0 Å². The standard InChI is InChI=1S/C13H22N2O6/c1-8(16)20-7-13(3,4)11(21-9(2)17)12(19)15-6-5-10(14)18/h11H,5-7H2,1-4H3,(H2,14,18)(H,15,19). The average molecular weight is 302 g/mol. The molecule has 1 atom stereocenters. The van der Waals surface area contributed by atoms with Crippen molar-refractivity contribution in [2.24, 2.45) is 11.1 Å². The summed E-state index contributed by atoms with van der Waals surface area (Å²) in [7, 11) is 0. The van der Waals surface area contributed by atoms with E-state index in [2.05, 4.69) is 5.32 Å². The molecule has 0 aliphatic carbocycles. The summed E-state index contributed by atoms with van der Waals surface area (Å²) in [5, 5.41) is 2.46. The molecule has 1 unspecified atom stereocenters. The van der Waals surface area contributed by atoms with E-state index in [1.165, 1.54) is 13.8 Å². The molecule has 0 aromatic heterocycles. The van der Waals surface area contributed by atoms with Gasteiger partial charge in [-0.3, -0.25) is 19.2 Å². The highest BCUT2D eigenvalue weighted by Gasteiger charge is 2.39. The number of nitrogens with two attached hydrogens (primary N) is 1. The SMILES string of the molecule is CC(=O)OCC(C)(C)C(OC(C)=O)C(=O)NCCC(N)=O. The van der Waals surface area contributed by atoms with Crippen LogP contribution in [0.25, 0.3) is 0 Å². The molecule has 0 aromatic carbocycles. The molecular weight excluding hydrogens is 280 g/mol. The molecule has 0 radical (unpaired) electrons. The van der Waals surface area contributed by atoms with Crippen molar-refractivity contribution in [3.8, 4) is 0 Å². The minimum absolute atomic E-state index is 0.0249. The lowest BCUT2D eigenvalue weighted by molar-refractivity contribution is -0.166. The summed E-state index contributed by atoms with van der Waals surface area (Å²) in [5.74, 6) is -2.28. The first-order valence-corrected chi connectivity index (χ1v) is 6.43. The third-order valence-electron chi connectivity index (χ3n) is 2.55. The predicted molar refractivity (Wildman–Crippen MR) is 72.8 cm³/mol. The van der Waals surface area contributed by atoms with Gasteiger partial charge in [0.25, 0.3) is 5.91 Å². The molecule has 8 nitrogen and oxygen atoms in total. The number of ether oxygens (including phenoxy) is 2. The van der Waals surface area contributed by atoms with Gasteiger partial charge in [-0.1, -0.05) is 13.8 Å². The largest absolute Gasteiger partial charge is 0.465 e. The predicted octanol–water partition coefficient (Wildman–Crippen LogP) is -0.501.